The smallest absolute Gasteiger partial charge is 0.164 e. The molecule has 3 aromatic heterocycles. The first-order valence-electron chi connectivity index (χ1n) is 20.1. The van der Waals surface area contributed by atoms with E-state index in [-0.39, 0.29) is 0 Å². The number of nitrogens with zero attached hydrogens (tertiary/aromatic N) is 6. The lowest BCUT2D eigenvalue weighted by Gasteiger charge is -2.14. The van der Waals surface area contributed by atoms with Crippen LogP contribution < -0.4 is 0 Å². The van der Waals surface area contributed by atoms with Gasteiger partial charge in [-0.1, -0.05) is 188 Å². The first kappa shape index (κ1) is 35.7. The monoisotopic (exact) mass is 782 g/mol. The minimum Gasteiger partial charge on any atom is -0.455 e. The molecule has 0 aliphatic heterocycles. The van der Waals surface area contributed by atoms with Crippen molar-refractivity contribution in [1.29, 1.82) is 0 Å². The number of furan rings is 1. The highest BCUT2D eigenvalue weighted by Gasteiger charge is 2.22. The van der Waals surface area contributed by atoms with Crippen LogP contribution in [0.1, 0.15) is 0 Å². The molecule has 0 fully saturated rings. The number of benzene rings is 8. The van der Waals surface area contributed by atoms with Crippen LogP contribution in [-0.2, 0) is 0 Å². The minimum atomic E-state index is 0.504. The van der Waals surface area contributed by atoms with Crippen molar-refractivity contribution in [3.05, 3.63) is 206 Å². The van der Waals surface area contributed by atoms with E-state index in [0.717, 1.165) is 77.6 Å². The summed E-state index contributed by atoms with van der Waals surface area (Å²) in [5.74, 6) is 3.31. The van der Waals surface area contributed by atoms with Crippen molar-refractivity contribution in [2.45, 2.75) is 0 Å². The van der Waals surface area contributed by atoms with Crippen LogP contribution in [0.15, 0.2) is 211 Å². The van der Waals surface area contributed by atoms with Crippen LogP contribution >= 0.6 is 0 Å². The van der Waals surface area contributed by atoms with Gasteiger partial charge in [0.25, 0.3) is 0 Å². The Balaban J connectivity index is 1.16. The standard InChI is InChI=1S/C54H34N6O/c1-6-17-35(18-7-1)40-30-32-47-45(33-40)44-28-16-27-43(48(44)61-47)42-31-29-41(53-57-49(36-19-8-2-9-20-36)55-50(58-53)37-21-10-3-11-22-37)34-46(42)54-59-51(38-23-12-4-13-24-38)56-52(60-54)39-25-14-5-15-26-39/h1-34H. The van der Waals surface area contributed by atoms with Crippen LogP contribution in [0.5, 0.6) is 0 Å². The number of fused-ring (bicyclic) bond motifs is 3. The van der Waals surface area contributed by atoms with Gasteiger partial charge < -0.3 is 4.42 Å². The van der Waals surface area contributed by atoms with Crippen molar-refractivity contribution in [2.24, 2.45) is 0 Å². The zero-order valence-electron chi connectivity index (χ0n) is 32.7. The van der Waals surface area contributed by atoms with Gasteiger partial charge in [-0.15, -0.1) is 0 Å². The van der Waals surface area contributed by atoms with Crippen LogP contribution in [0, 0.1) is 0 Å². The van der Waals surface area contributed by atoms with E-state index in [9.17, 15) is 0 Å². The van der Waals surface area contributed by atoms with Crippen molar-refractivity contribution in [3.63, 3.8) is 0 Å². The molecule has 8 aromatic carbocycles. The van der Waals surface area contributed by atoms with E-state index >= 15 is 0 Å². The van der Waals surface area contributed by atoms with Gasteiger partial charge in [0.2, 0.25) is 0 Å². The third-order valence-electron chi connectivity index (χ3n) is 10.8. The fraction of sp³-hybridized carbons (Fsp3) is 0. The molecule has 11 aromatic rings. The van der Waals surface area contributed by atoms with Crippen molar-refractivity contribution < 1.29 is 4.42 Å². The predicted molar refractivity (Wildman–Crippen MR) is 244 cm³/mol. The average molecular weight is 783 g/mol. The van der Waals surface area contributed by atoms with E-state index in [0.29, 0.717) is 34.9 Å². The largest absolute Gasteiger partial charge is 0.455 e. The van der Waals surface area contributed by atoms with Crippen LogP contribution in [0.3, 0.4) is 0 Å². The molecule has 0 spiro atoms. The second-order valence-corrected chi connectivity index (χ2v) is 14.7. The molecule has 3 heterocycles. The highest BCUT2D eigenvalue weighted by molar-refractivity contribution is 6.11. The maximum Gasteiger partial charge on any atom is 0.164 e. The van der Waals surface area contributed by atoms with Gasteiger partial charge >= 0.3 is 0 Å². The molecule has 0 amide bonds. The van der Waals surface area contributed by atoms with E-state index < -0.39 is 0 Å². The molecule has 0 saturated heterocycles. The molecule has 0 N–H and O–H groups in total. The summed E-state index contributed by atoms with van der Waals surface area (Å²) in [7, 11) is 0. The Morgan fingerprint density at radius 1 is 0.246 bits per heavy atom. The van der Waals surface area contributed by atoms with E-state index in [1.54, 1.807) is 0 Å². The molecule has 0 bridgehead atoms. The van der Waals surface area contributed by atoms with Gasteiger partial charge in [-0.05, 0) is 34.9 Å². The van der Waals surface area contributed by atoms with Crippen molar-refractivity contribution >= 4 is 21.9 Å². The van der Waals surface area contributed by atoms with E-state index in [4.69, 9.17) is 34.3 Å². The third kappa shape index (κ3) is 6.90. The topological polar surface area (TPSA) is 90.5 Å². The summed E-state index contributed by atoms with van der Waals surface area (Å²) in [6.07, 6.45) is 0. The molecule has 0 radical (unpaired) electrons. The zero-order valence-corrected chi connectivity index (χ0v) is 32.7. The fourth-order valence-corrected chi connectivity index (χ4v) is 7.79. The number of aromatic nitrogens is 6. The van der Waals surface area contributed by atoms with Gasteiger partial charge in [0.15, 0.2) is 34.9 Å². The summed E-state index contributed by atoms with van der Waals surface area (Å²) in [6.45, 7) is 0. The van der Waals surface area contributed by atoms with Gasteiger partial charge in [-0.2, -0.15) is 0 Å². The Morgan fingerprint density at radius 3 is 1.16 bits per heavy atom. The maximum atomic E-state index is 6.76. The van der Waals surface area contributed by atoms with Crippen LogP contribution in [0.25, 0.3) is 113 Å². The Bertz CT molecular complexity index is 3220. The number of rotatable bonds is 8. The van der Waals surface area contributed by atoms with Gasteiger partial charge in [0.05, 0.1) is 0 Å². The molecule has 11 rings (SSSR count). The second-order valence-electron chi connectivity index (χ2n) is 14.7. The van der Waals surface area contributed by atoms with Crippen molar-refractivity contribution in [3.8, 4) is 90.6 Å². The van der Waals surface area contributed by atoms with Crippen LogP contribution in [-0.4, -0.2) is 29.9 Å². The summed E-state index contributed by atoms with van der Waals surface area (Å²) < 4.78 is 6.76. The second kappa shape index (κ2) is 15.4. The Morgan fingerprint density at radius 2 is 0.672 bits per heavy atom. The van der Waals surface area contributed by atoms with E-state index in [1.807, 2.05) is 127 Å². The lowest BCUT2D eigenvalue weighted by atomic mass is 9.94. The maximum absolute atomic E-state index is 6.76. The first-order valence-corrected chi connectivity index (χ1v) is 20.1. The lowest BCUT2D eigenvalue weighted by molar-refractivity contribution is 0.670. The summed E-state index contributed by atoms with van der Waals surface area (Å²) in [5.41, 5.74) is 10.8. The number of para-hydroxylation sites is 1. The molecule has 286 valence electrons. The zero-order chi connectivity index (χ0) is 40.5. The highest BCUT2D eigenvalue weighted by Crippen LogP contribution is 2.42. The Kier molecular flexibility index (Phi) is 9.02. The van der Waals surface area contributed by atoms with Gasteiger partial charge in [-0.25, -0.2) is 29.9 Å². The van der Waals surface area contributed by atoms with E-state index in [1.165, 1.54) is 0 Å². The quantitative estimate of drug-likeness (QED) is 0.152. The fourth-order valence-electron chi connectivity index (χ4n) is 7.79. The minimum absolute atomic E-state index is 0.504. The van der Waals surface area contributed by atoms with Crippen molar-refractivity contribution in [1.82, 2.24) is 29.9 Å². The molecule has 0 aliphatic rings. The molecule has 0 aliphatic carbocycles. The molecule has 7 nitrogen and oxygen atoms in total. The van der Waals surface area contributed by atoms with Gasteiger partial charge in [0.1, 0.15) is 11.2 Å². The number of hydrogen-bond acceptors (Lipinski definition) is 7. The normalized spacial score (nSPS) is 11.3. The summed E-state index contributed by atoms with van der Waals surface area (Å²) in [6, 6.07) is 69.4. The molecular weight excluding hydrogens is 749 g/mol. The van der Waals surface area contributed by atoms with Gasteiger partial charge in [0, 0.05) is 49.7 Å². The van der Waals surface area contributed by atoms with Crippen LogP contribution in [0.4, 0.5) is 0 Å². The van der Waals surface area contributed by atoms with Gasteiger partial charge in [-0.3, -0.25) is 0 Å². The summed E-state index contributed by atoms with van der Waals surface area (Å²) in [5, 5.41) is 2.06. The molecule has 7 heteroatoms. The first-order chi connectivity index (χ1) is 30.2. The molecular formula is C54H34N6O. The van der Waals surface area contributed by atoms with Crippen molar-refractivity contribution in [2.75, 3.05) is 0 Å². The Hall–Kier alpha value is -8.42. The SMILES string of the molecule is c1ccc(-c2ccc3oc4c(-c5ccc(-c6nc(-c7ccccc7)nc(-c7ccccc7)n6)cc5-c5nc(-c6ccccc6)nc(-c6ccccc6)n5)cccc4c3c2)cc1. The predicted octanol–water partition coefficient (Wildman–Crippen LogP) is 13.3. The average Bonchev–Trinajstić information content (AvgIpc) is 3.73. The molecule has 61 heavy (non-hydrogen) atoms. The third-order valence-corrected chi connectivity index (χ3v) is 10.8. The Labute approximate surface area is 351 Å². The van der Waals surface area contributed by atoms with E-state index in [2.05, 4.69) is 78.9 Å². The molecule has 0 unspecified atom stereocenters. The van der Waals surface area contributed by atoms with Crippen LogP contribution in [0.2, 0.25) is 0 Å². The molecule has 0 atom stereocenters. The highest BCUT2D eigenvalue weighted by atomic mass is 16.3. The number of hydrogen-bond donors (Lipinski definition) is 0. The summed E-state index contributed by atoms with van der Waals surface area (Å²) in [4.78, 5) is 30.6. The molecule has 0 saturated carbocycles. The lowest BCUT2D eigenvalue weighted by Crippen LogP contribution is -2.03. The summed E-state index contributed by atoms with van der Waals surface area (Å²) >= 11 is 0.